The quantitative estimate of drug-likeness (QED) is 0.485. The average molecular weight is 345 g/mol. The predicted molar refractivity (Wildman–Crippen MR) is 103 cm³/mol. The van der Waals surface area contributed by atoms with Gasteiger partial charge in [-0.3, -0.25) is 10.6 Å². The van der Waals surface area contributed by atoms with Gasteiger partial charge in [0.05, 0.1) is 11.4 Å². The number of anilines is 2. The Labute approximate surface area is 151 Å². The van der Waals surface area contributed by atoms with Crippen molar-refractivity contribution in [3.63, 3.8) is 0 Å². The molecule has 1 amide bonds. The molecular weight excluding hydrogens is 312 g/mol. The van der Waals surface area contributed by atoms with Crippen molar-refractivity contribution in [2.24, 2.45) is 11.8 Å². The number of nitrogens with one attached hydrogen (secondary N) is 3. The first-order valence-corrected chi connectivity index (χ1v) is 9.80. The van der Waals surface area contributed by atoms with Gasteiger partial charge < -0.3 is 16.1 Å². The molecule has 0 aliphatic heterocycles. The highest BCUT2D eigenvalue weighted by Gasteiger charge is 2.26. The van der Waals surface area contributed by atoms with Crippen LogP contribution in [0.1, 0.15) is 63.4 Å². The Morgan fingerprint density at radius 3 is 2.32 bits per heavy atom. The molecule has 2 saturated carbocycles. The lowest BCUT2D eigenvalue weighted by molar-refractivity contribution is -0.126. The number of nitrogen functional groups attached to an aromatic ring is 1. The number of hydrogen-bond donors (Lipinski definition) is 4. The van der Waals surface area contributed by atoms with Gasteiger partial charge in [-0.25, -0.2) is 0 Å². The Morgan fingerprint density at radius 2 is 1.64 bits per heavy atom. The van der Waals surface area contributed by atoms with Gasteiger partial charge in [0.2, 0.25) is 5.91 Å². The first-order valence-electron chi connectivity index (χ1n) is 9.80. The second-order valence-electron chi connectivity index (χ2n) is 7.73. The van der Waals surface area contributed by atoms with Crippen molar-refractivity contribution < 1.29 is 4.79 Å². The molecule has 2 aliphatic rings. The van der Waals surface area contributed by atoms with E-state index in [0.29, 0.717) is 18.0 Å². The zero-order valence-corrected chi connectivity index (χ0v) is 15.3. The lowest BCUT2D eigenvalue weighted by Crippen LogP contribution is -2.43. The second-order valence-corrected chi connectivity index (χ2v) is 7.73. The maximum atomic E-state index is 12.4. The van der Waals surface area contributed by atoms with Crippen molar-refractivity contribution >= 4 is 17.3 Å². The van der Waals surface area contributed by atoms with E-state index >= 15 is 0 Å². The van der Waals surface area contributed by atoms with Crippen molar-refractivity contribution in [1.82, 2.24) is 5.32 Å². The van der Waals surface area contributed by atoms with Gasteiger partial charge in [0, 0.05) is 18.0 Å². The van der Waals surface area contributed by atoms with Gasteiger partial charge in [-0.1, -0.05) is 25.3 Å². The number of benzene rings is 1. The summed E-state index contributed by atoms with van der Waals surface area (Å²) in [6.45, 7) is 2.06. The van der Waals surface area contributed by atoms with E-state index in [0.717, 1.165) is 49.9 Å². The molecule has 2 aliphatic carbocycles. The summed E-state index contributed by atoms with van der Waals surface area (Å²) in [4.78, 5) is 12.4. The lowest BCUT2D eigenvalue weighted by atomic mass is 9.87. The lowest BCUT2D eigenvalue weighted by Gasteiger charge is -2.32. The number of hydrogen-bond acceptors (Lipinski definition) is 4. The fourth-order valence-corrected chi connectivity index (χ4v) is 4.19. The van der Waals surface area contributed by atoms with Gasteiger partial charge in [0.1, 0.15) is 0 Å². The number of rotatable bonds is 5. The fourth-order valence-electron chi connectivity index (χ4n) is 4.19. The molecule has 0 saturated heterocycles. The van der Waals surface area contributed by atoms with E-state index in [-0.39, 0.29) is 5.92 Å². The van der Waals surface area contributed by atoms with Gasteiger partial charge in [-0.2, -0.15) is 0 Å². The minimum atomic E-state index is 0.260. The van der Waals surface area contributed by atoms with Gasteiger partial charge in [-0.15, -0.1) is 0 Å². The maximum absolute atomic E-state index is 12.4. The van der Waals surface area contributed by atoms with Crippen LogP contribution in [0.2, 0.25) is 0 Å². The standard InChI is InChI=1S/C20H32N4O/c1-14-7-12-18(19(13-14)24-21)22-16-8-10-17(11-9-16)23-20(25)15-5-3-2-4-6-15/h7,12-13,15-17,22,24H,2-6,8-11,21H2,1H3,(H,23,25). The summed E-state index contributed by atoms with van der Waals surface area (Å²) in [6, 6.07) is 7.02. The summed E-state index contributed by atoms with van der Waals surface area (Å²) in [7, 11) is 0. The normalized spacial score (nSPS) is 24.6. The number of amides is 1. The molecule has 5 N–H and O–H groups in total. The Bertz CT molecular complexity index is 575. The van der Waals surface area contributed by atoms with E-state index in [2.05, 4.69) is 41.2 Å². The molecule has 5 heteroatoms. The Morgan fingerprint density at radius 1 is 0.960 bits per heavy atom. The van der Waals surface area contributed by atoms with Crippen LogP contribution < -0.4 is 21.9 Å². The van der Waals surface area contributed by atoms with Crippen molar-refractivity contribution in [3.05, 3.63) is 23.8 Å². The number of carbonyl (C=O) groups excluding carboxylic acids is 1. The van der Waals surface area contributed by atoms with Gasteiger partial charge in [0.15, 0.2) is 0 Å². The van der Waals surface area contributed by atoms with E-state index in [1.807, 2.05) is 0 Å². The summed E-state index contributed by atoms with van der Waals surface area (Å²) < 4.78 is 0. The Hall–Kier alpha value is -1.75. The molecule has 0 unspecified atom stereocenters. The van der Waals surface area contributed by atoms with Crippen LogP contribution in [0.15, 0.2) is 18.2 Å². The van der Waals surface area contributed by atoms with Gasteiger partial charge in [-0.05, 0) is 63.1 Å². The SMILES string of the molecule is Cc1ccc(NC2CCC(NC(=O)C3CCCCC3)CC2)c(NN)c1. The third kappa shape index (κ3) is 4.88. The second kappa shape index (κ2) is 8.56. The van der Waals surface area contributed by atoms with Gasteiger partial charge in [0.25, 0.3) is 0 Å². The number of aryl methyl sites for hydroxylation is 1. The first-order chi connectivity index (χ1) is 12.2. The van der Waals surface area contributed by atoms with E-state index in [1.165, 1.54) is 24.8 Å². The van der Waals surface area contributed by atoms with E-state index in [4.69, 9.17) is 5.84 Å². The summed E-state index contributed by atoms with van der Waals surface area (Å²) in [5.74, 6) is 6.19. The molecule has 0 radical (unpaired) electrons. The minimum absolute atomic E-state index is 0.260. The monoisotopic (exact) mass is 344 g/mol. The molecule has 1 aromatic carbocycles. The van der Waals surface area contributed by atoms with Crippen LogP contribution in [0.5, 0.6) is 0 Å². The molecule has 0 spiro atoms. The molecule has 3 rings (SSSR count). The summed E-state index contributed by atoms with van der Waals surface area (Å²) in [5.41, 5.74) is 5.96. The average Bonchev–Trinajstić information content (AvgIpc) is 2.65. The van der Waals surface area contributed by atoms with Gasteiger partial charge >= 0.3 is 0 Å². The summed E-state index contributed by atoms with van der Waals surface area (Å²) in [5, 5.41) is 6.91. The largest absolute Gasteiger partial charge is 0.381 e. The van der Waals surface area contributed by atoms with E-state index < -0.39 is 0 Å². The van der Waals surface area contributed by atoms with Crippen molar-refractivity contribution in [3.8, 4) is 0 Å². The highest BCUT2D eigenvalue weighted by atomic mass is 16.1. The van der Waals surface area contributed by atoms with Crippen molar-refractivity contribution in [2.45, 2.75) is 76.8 Å². The molecule has 138 valence electrons. The van der Waals surface area contributed by atoms with Crippen LogP contribution in [0.4, 0.5) is 11.4 Å². The molecule has 1 aromatic rings. The zero-order chi connectivity index (χ0) is 17.6. The minimum Gasteiger partial charge on any atom is -0.381 e. The molecule has 0 heterocycles. The fraction of sp³-hybridized carbons (Fsp3) is 0.650. The highest BCUT2D eigenvalue weighted by molar-refractivity contribution is 5.79. The molecular formula is C20H32N4O. The Kier molecular flexibility index (Phi) is 6.19. The number of hydrazine groups is 1. The van der Waals surface area contributed by atoms with Crippen LogP contribution in [0.3, 0.4) is 0 Å². The predicted octanol–water partition coefficient (Wildman–Crippen LogP) is 3.70. The van der Waals surface area contributed by atoms with E-state index in [9.17, 15) is 4.79 Å². The van der Waals surface area contributed by atoms with E-state index in [1.54, 1.807) is 0 Å². The van der Waals surface area contributed by atoms with Crippen LogP contribution in [-0.4, -0.2) is 18.0 Å². The van der Waals surface area contributed by atoms with Crippen molar-refractivity contribution in [2.75, 3.05) is 10.7 Å². The molecule has 0 atom stereocenters. The van der Waals surface area contributed by atoms with Crippen LogP contribution in [-0.2, 0) is 4.79 Å². The zero-order valence-electron chi connectivity index (χ0n) is 15.3. The third-order valence-electron chi connectivity index (χ3n) is 5.74. The third-order valence-corrected chi connectivity index (χ3v) is 5.74. The topological polar surface area (TPSA) is 79.2 Å². The first kappa shape index (κ1) is 18.1. The summed E-state index contributed by atoms with van der Waals surface area (Å²) >= 11 is 0. The smallest absolute Gasteiger partial charge is 0.223 e. The maximum Gasteiger partial charge on any atom is 0.223 e. The van der Waals surface area contributed by atoms with Crippen molar-refractivity contribution in [1.29, 1.82) is 0 Å². The number of nitrogens with two attached hydrogens (primary N) is 1. The van der Waals surface area contributed by atoms with Crippen LogP contribution in [0.25, 0.3) is 0 Å². The Balaban J connectivity index is 1.46. The highest BCUT2D eigenvalue weighted by Crippen LogP contribution is 2.28. The molecule has 2 fully saturated rings. The molecule has 25 heavy (non-hydrogen) atoms. The molecule has 5 nitrogen and oxygen atoms in total. The molecule has 0 aromatic heterocycles. The van der Waals surface area contributed by atoms with Crippen LogP contribution >= 0.6 is 0 Å². The van der Waals surface area contributed by atoms with Crippen LogP contribution in [0, 0.1) is 12.8 Å². The number of carbonyl (C=O) groups is 1. The molecule has 0 bridgehead atoms. The summed E-state index contributed by atoms with van der Waals surface area (Å²) in [6.07, 6.45) is 10.1.